The fraction of sp³-hybridized carbons (Fsp3) is 0.278. The molecule has 0 radical (unpaired) electrons. The van der Waals surface area contributed by atoms with E-state index in [1.807, 2.05) is 37.3 Å². The van der Waals surface area contributed by atoms with Gasteiger partial charge in [-0.25, -0.2) is 14.6 Å². The van der Waals surface area contributed by atoms with Crippen LogP contribution in [0.4, 0.5) is 0 Å². The van der Waals surface area contributed by atoms with Gasteiger partial charge in [0.1, 0.15) is 12.4 Å². The number of allylic oxidation sites excluding steroid dienone is 1. The molecule has 256 valence electrons. The number of aryl methyl sites for hydroxylation is 1. The number of nitrogens with zero attached hydrogens (tertiary/aromatic N) is 2. The zero-order valence-corrected chi connectivity index (χ0v) is 32.6. The van der Waals surface area contributed by atoms with Crippen molar-refractivity contribution in [3.05, 3.63) is 115 Å². The molecule has 1 aliphatic heterocycles. The molecule has 1 aliphatic rings. The minimum atomic E-state index is -0.857. The number of carbonyl (C=O) groups excluding carboxylic acids is 2. The SMILES string of the molecule is CCOC(=O)C1=C(C)N=c2s/c(=C\c3cc(I)c(OCc4cccc(C)c4)c(I)c3)c(=O)n2[C@H]1c1ccc(OCC(=O)OC)c(OCC)c1. The fourth-order valence-corrected chi connectivity index (χ4v) is 8.47. The molecule has 1 aromatic heterocycles. The lowest BCUT2D eigenvalue weighted by atomic mass is 9.95. The van der Waals surface area contributed by atoms with E-state index in [-0.39, 0.29) is 24.3 Å². The van der Waals surface area contributed by atoms with Crippen LogP contribution in [0.5, 0.6) is 17.2 Å². The quantitative estimate of drug-likeness (QED) is 0.129. The Kier molecular flexibility index (Phi) is 12.2. The number of ether oxygens (including phenoxy) is 5. The molecule has 2 heterocycles. The number of esters is 2. The van der Waals surface area contributed by atoms with Gasteiger partial charge in [0, 0.05) is 0 Å². The van der Waals surface area contributed by atoms with Gasteiger partial charge in [-0.2, -0.15) is 0 Å². The largest absolute Gasteiger partial charge is 0.490 e. The predicted molar refractivity (Wildman–Crippen MR) is 203 cm³/mol. The minimum absolute atomic E-state index is 0.152. The van der Waals surface area contributed by atoms with Crippen LogP contribution in [0.25, 0.3) is 6.08 Å². The topological polar surface area (TPSA) is 115 Å². The highest BCUT2D eigenvalue weighted by molar-refractivity contribution is 14.1. The van der Waals surface area contributed by atoms with Crippen LogP contribution in [0.1, 0.15) is 49.1 Å². The van der Waals surface area contributed by atoms with Crippen LogP contribution in [0, 0.1) is 14.1 Å². The molecule has 0 saturated heterocycles. The summed E-state index contributed by atoms with van der Waals surface area (Å²) in [7, 11) is 1.28. The van der Waals surface area contributed by atoms with E-state index in [0.717, 1.165) is 24.0 Å². The van der Waals surface area contributed by atoms with E-state index in [0.29, 0.717) is 45.3 Å². The summed E-state index contributed by atoms with van der Waals surface area (Å²) in [6, 6.07) is 16.4. The lowest BCUT2D eigenvalue weighted by Gasteiger charge is -2.25. The van der Waals surface area contributed by atoms with Gasteiger partial charge in [-0.05, 0) is 120 Å². The Hall–Kier alpha value is -3.70. The number of methoxy groups -OCH3 is 1. The first-order valence-electron chi connectivity index (χ1n) is 15.4. The van der Waals surface area contributed by atoms with Crippen LogP contribution in [0.3, 0.4) is 0 Å². The average Bonchev–Trinajstić information content (AvgIpc) is 3.36. The summed E-state index contributed by atoms with van der Waals surface area (Å²) < 4.78 is 31.6. The Morgan fingerprint density at radius 2 is 1.71 bits per heavy atom. The minimum Gasteiger partial charge on any atom is -0.490 e. The molecule has 5 rings (SSSR count). The lowest BCUT2D eigenvalue weighted by molar-refractivity contribution is -0.143. The molecular weight excluding hydrogens is 874 g/mol. The van der Waals surface area contributed by atoms with Gasteiger partial charge in [-0.1, -0.05) is 47.2 Å². The molecule has 0 spiro atoms. The summed E-state index contributed by atoms with van der Waals surface area (Å²) in [5.41, 5.74) is 4.04. The molecule has 13 heteroatoms. The second-order valence-electron chi connectivity index (χ2n) is 10.9. The van der Waals surface area contributed by atoms with Crippen LogP contribution in [-0.2, 0) is 25.7 Å². The van der Waals surface area contributed by atoms with Crippen molar-refractivity contribution in [3.63, 3.8) is 0 Å². The number of fused-ring (bicyclic) bond motifs is 1. The predicted octanol–water partition coefficient (Wildman–Crippen LogP) is 5.85. The van der Waals surface area contributed by atoms with Crippen LogP contribution in [-0.4, -0.2) is 43.4 Å². The summed E-state index contributed by atoms with van der Waals surface area (Å²) in [5.74, 6) is 0.322. The van der Waals surface area contributed by atoms with E-state index in [9.17, 15) is 14.4 Å². The summed E-state index contributed by atoms with van der Waals surface area (Å²) in [6.07, 6.45) is 1.83. The second kappa shape index (κ2) is 16.3. The first-order chi connectivity index (χ1) is 23.5. The number of carbonyl (C=O) groups is 2. The molecule has 4 aromatic rings. The Labute approximate surface area is 314 Å². The Balaban J connectivity index is 1.57. The van der Waals surface area contributed by atoms with E-state index < -0.39 is 18.0 Å². The average molecular weight is 909 g/mol. The van der Waals surface area contributed by atoms with Crippen LogP contribution in [0.15, 0.2) is 75.7 Å². The number of benzene rings is 3. The maximum atomic E-state index is 14.2. The molecule has 0 saturated carbocycles. The van der Waals surface area contributed by atoms with E-state index in [4.69, 9.17) is 23.7 Å². The van der Waals surface area contributed by atoms with Crippen molar-refractivity contribution in [1.29, 1.82) is 0 Å². The lowest BCUT2D eigenvalue weighted by Crippen LogP contribution is -2.40. The van der Waals surface area contributed by atoms with Gasteiger partial charge >= 0.3 is 11.9 Å². The van der Waals surface area contributed by atoms with Crippen LogP contribution < -0.4 is 29.1 Å². The first kappa shape index (κ1) is 36.6. The van der Waals surface area contributed by atoms with Gasteiger partial charge in [-0.15, -0.1) is 0 Å². The molecule has 0 amide bonds. The molecule has 3 aromatic carbocycles. The van der Waals surface area contributed by atoms with Gasteiger partial charge in [0.15, 0.2) is 22.9 Å². The molecule has 0 unspecified atom stereocenters. The standard InChI is InChI=1S/C36H34I2N2O8S/c1-6-45-28-17-24(11-12-27(28)47-19-30(41)44-5)32-31(35(43)46-7-2)21(4)39-36-40(32)34(42)29(49-36)16-23-14-25(37)33(26(38)15-23)48-18-22-10-8-9-20(3)13-22/h8-17,32H,6-7,18-19H2,1-5H3/b29-16-/t32-/m0/s1. The van der Waals surface area contributed by atoms with Crippen molar-refractivity contribution in [2.24, 2.45) is 4.99 Å². The number of thiazole rings is 1. The van der Waals surface area contributed by atoms with Gasteiger partial charge < -0.3 is 23.7 Å². The molecular formula is C36H34I2N2O8S. The highest BCUT2D eigenvalue weighted by atomic mass is 127. The van der Waals surface area contributed by atoms with E-state index in [2.05, 4.69) is 69.2 Å². The van der Waals surface area contributed by atoms with Gasteiger partial charge in [-0.3, -0.25) is 9.36 Å². The number of halogens is 2. The Morgan fingerprint density at radius 3 is 2.39 bits per heavy atom. The van der Waals surface area contributed by atoms with Gasteiger partial charge in [0.2, 0.25) is 0 Å². The summed E-state index contributed by atoms with van der Waals surface area (Å²) in [5, 5.41) is 0. The fourth-order valence-electron chi connectivity index (χ4n) is 5.29. The maximum absolute atomic E-state index is 14.2. The molecule has 49 heavy (non-hydrogen) atoms. The molecule has 0 fully saturated rings. The smallest absolute Gasteiger partial charge is 0.343 e. The van der Waals surface area contributed by atoms with E-state index >= 15 is 0 Å². The second-order valence-corrected chi connectivity index (χ2v) is 14.2. The molecule has 0 aliphatic carbocycles. The highest BCUT2D eigenvalue weighted by Gasteiger charge is 2.34. The van der Waals surface area contributed by atoms with E-state index in [1.54, 1.807) is 32.0 Å². The van der Waals surface area contributed by atoms with E-state index in [1.165, 1.54) is 28.6 Å². The number of hydrogen-bond donors (Lipinski definition) is 0. The van der Waals surface area contributed by atoms with Crippen molar-refractivity contribution in [2.45, 2.75) is 40.3 Å². The number of hydrogen-bond acceptors (Lipinski definition) is 10. The third kappa shape index (κ3) is 8.37. The zero-order valence-electron chi connectivity index (χ0n) is 27.5. The van der Waals surface area contributed by atoms with Crippen molar-refractivity contribution >= 4 is 74.5 Å². The Morgan fingerprint density at radius 1 is 0.959 bits per heavy atom. The number of aromatic nitrogens is 1. The maximum Gasteiger partial charge on any atom is 0.343 e. The van der Waals surface area contributed by atoms with Gasteiger partial charge in [0.05, 0.1) is 49.3 Å². The van der Waals surface area contributed by atoms with Crippen LogP contribution >= 0.6 is 56.5 Å². The van der Waals surface area contributed by atoms with Crippen molar-refractivity contribution in [1.82, 2.24) is 4.57 Å². The summed E-state index contributed by atoms with van der Waals surface area (Å²) in [6.45, 7) is 7.92. The highest BCUT2D eigenvalue weighted by Crippen LogP contribution is 2.36. The van der Waals surface area contributed by atoms with Crippen molar-refractivity contribution in [2.75, 3.05) is 26.9 Å². The molecule has 10 nitrogen and oxygen atoms in total. The monoisotopic (exact) mass is 908 g/mol. The molecule has 0 N–H and O–H groups in total. The first-order valence-corrected chi connectivity index (χ1v) is 18.3. The summed E-state index contributed by atoms with van der Waals surface area (Å²) in [4.78, 5) is 44.5. The molecule has 0 bridgehead atoms. The third-order valence-electron chi connectivity index (χ3n) is 7.46. The summed E-state index contributed by atoms with van der Waals surface area (Å²) >= 11 is 5.74. The van der Waals surface area contributed by atoms with Crippen LogP contribution in [0.2, 0.25) is 0 Å². The number of rotatable bonds is 12. The zero-order chi connectivity index (χ0) is 35.2. The normalized spacial score (nSPS) is 14.2. The van der Waals surface area contributed by atoms with Crippen molar-refractivity contribution < 1.29 is 33.3 Å². The Bertz CT molecular complexity index is 2100. The van der Waals surface area contributed by atoms with Gasteiger partial charge in [0.25, 0.3) is 5.56 Å². The molecule has 1 atom stereocenters. The third-order valence-corrected chi connectivity index (χ3v) is 10.0. The van der Waals surface area contributed by atoms with Crippen molar-refractivity contribution in [3.8, 4) is 17.2 Å².